The van der Waals surface area contributed by atoms with Gasteiger partial charge in [-0.1, -0.05) is 47.1 Å². The smallest absolute Gasteiger partial charge is 0.397 e. The number of rotatable bonds is 2. The van der Waals surface area contributed by atoms with E-state index in [1.54, 1.807) is 0 Å². The lowest BCUT2D eigenvalue weighted by molar-refractivity contribution is -0.995. The maximum atomic E-state index is 6.93. The number of nitrogens with zero attached hydrogens (tertiary/aromatic N) is 4. The van der Waals surface area contributed by atoms with E-state index < -0.39 is 5.66 Å². The summed E-state index contributed by atoms with van der Waals surface area (Å²) in [5.74, 6) is 2.95. The van der Waals surface area contributed by atoms with Gasteiger partial charge in [-0.25, -0.2) is 0 Å². The molecule has 0 amide bonds. The second kappa shape index (κ2) is 9.68. The Morgan fingerprint density at radius 2 is 1.21 bits per heavy atom. The molecule has 0 fully saturated rings. The third-order valence-corrected chi connectivity index (χ3v) is 12.8. The SMILES string of the molecule is Cc1cccc(C)c1-c1c(C)c(C)c(-c2c(C)n3[n+](c2C)C24c5c(cccc5-3)Oc3ccc5c6ccccc6n(c5c32)-c2cccc[n+]24)c(C)c1C. The molecule has 11 rings (SSSR count). The average Bonchev–Trinajstić information content (AvgIpc) is 3.74. The second-order valence-electron chi connectivity index (χ2n) is 15.2. The van der Waals surface area contributed by atoms with Crippen LogP contribution in [0.1, 0.15) is 55.9 Å². The Hall–Kier alpha value is -5.94. The minimum Gasteiger partial charge on any atom is -0.456 e. The standard InChI is InChI=1S/C47H40N4O/c1-25-15-13-16-26(2)40(25)41-27(3)29(5)42(30(6)28(41)4)43-31(7)50-36-19-14-20-37-44(36)47(51(50)32(43)8)45-38(52-37)23-22-34-33-17-9-10-18-35(33)49(46(34)45)39-21-11-12-24-48(39)47/h9-24H,1-8H3/q+2. The van der Waals surface area contributed by atoms with Crippen molar-refractivity contribution in [2.24, 2.45) is 0 Å². The van der Waals surface area contributed by atoms with E-state index in [2.05, 4.69) is 171 Å². The number of hydrogen-bond acceptors (Lipinski definition) is 1. The summed E-state index contributed by atoms with van der Waals surface area (Å²) >= 11 is 0. The van der Waals surface area contributed by atoms with Crippen molar-refractivity contribution < 1.29 is 14.0 Å². The summed E-state index contributed by atoms with van der Waals surface area (Å²) in [7, 11) is 0. The van der Waals surface area contributed by atoms with E-state index in [0.717, 1.165) is 23.0 Å². The Bertz CT molecular complexity index is 2920. The fourth-order valence-corrected chi connectivity index (χ4v) is 10.6. The van der Waals surface area contributed by atoms with Crippen LogP contribution in [0.25, 0.3) is 55.6 Å². The van der Waals surface area contributed by atoms with E-state index in [-0.39, 0.29) is 0 Å². The third-order valence-electron chi connectivity index (χ3n) is 12.8. The first-order valence-corrected chi connectivity index (χ1v) is 18.4. The monoisotopic (exact) mass is 676 g/mol. The first kappa shape index (κ1) is 29.8. The molecule has 5 aromatic carbocycles. The molecule has 3 aliphatic rings. The molecule has 3 aliphatic heterocycles. The molecule has 3 aromatic heterocycles. The number of hydrogen-bond donors (Lipinski definition) is 0. The Morgan fingerprint density at radius 3 is 1.96 bits per heavy atom. The minimum atomic E-state index is -0.711. The Morgan fingerprint density at radius 1 is 0.558 bits per heavy atom. The molecule has 5 nitrogen and oxygen atoms in total. The summed E-state index contributed by atoms with van der Waals surface area (Å²) in [6, 6.07) is 33.1. The molecule has 1 atom stereocenters. The maximum absolute atomic E-state index is 6.93. The third kappa shape index (κ3) is 3.15. The van der Waals surface area contributed by atoms with E-state index in [1.165, 1.54) is 100.0 Å². The first-order valence-electron chi connectivity index (χ1n) is 18.4. The van der Waals surface area contributed by atoms with Crippen LogP contribution in [-0.4, -0.2) is 9.25 Å². The molecule has 6 heterocycles. The van der Waals surface area contributed by atoms with Crippen molar-refractivity contribution in [3.63, 3.8) is 0 Å². The number of aryl methyl sites for hydroxylation is 2. The van der Waals surface area contributed by atoms with E-state index in [4.69, 9.17) is 4.74 Å². The van der Waals surface area contributed by atoms with Gasteiger partial charge in [0.05, 0.1) is 17.5 Å². The first-order chi connectivity index (χ1) is 25.2. The molecular weight excluding hydrogens is 637 g/mol. The number of pyridine rings is 1. The number of fused-ring (bicyclic) bond motifs is 7. The van der Waals surface area contributed by atoms with Crippen molar-refractivity contribution in [2.75, 3.05) is 0 Å². The fourth-order valence-electron chi connectivity index (χ4n) is 10.6. The van der Waals surface area contributed by atoms with Crippen molar-refractivity contribution >= 4 is 21.8 Å². The van der Waals surface area contributed by atoms with Crippen molar-refractivity contribution in [3.05, 3.63) is 153 Å². The highest BCUT2D eigenvalue weighted by Gasteiger charge is 2.70. The van der Waals surface area contributed by atoms with Crippen LogP contribution in [0.5, 0.6) is 11.5 Å². The molecule has 1 unspecified atom stereocenters. The normalized spacial score (nSPS) is 15.9. The van der Waals surface area contributed by atoms with Gasteiger partial charge < -0.3 is 4.74 Å². The summed E-state index contributed by atoms with van der Waals surface area (Å²) in [5.41, 5.74) is 21.1. The molecule has 5 heteroatoms. The Balaban J connectivity index is 1.30. The van der Waals surface area contributed by atoms with Gasteiger partial charge in [0.25, 0.3) is 5.82 Å². The molecular formula is C47H40N4O+2. The summed E-state index contributed by atoms with van der Waals surface area (Å²) < 4.78 is 17.0. The zero-order valence-electron chi connectivity index (χ0n) is 30.9. The Kier molecular flexibility index (Phi) is 5.54. The molecule has 0 radical (unpaired) electrons. The quantitative estimate of drug-likeness (QED) is 0.168. The summed E-state index contributed by atoms with van der Waals surface area (Å²) in [5, 5.41) is 2.49. The van der Waals surface area contributed by atoms with Gasteiger partial charge in [0, 0.05) is 23.8 Å². The molecule has 0 N–H and O–H groups in total. The number of aromatic nitrogens is 4. The van der Waals surface area contributed by atoms with Crippen molar-refractivity contribution in [1.29, 1.82) is 0 Å². The average molecular weight is 677 g/mol. The van der Waals surface area contributed by atoms with Crippen LogP contribution in [0.3, 0.4) is 0 Å². The van der Waals surface area contributed by atoms with E-state index >= 15 is 0 Å². The lowest BCUT2D eigenvalue weighted by Gasteiger charge is -2.33. The summed E-state index contributed by atoms with van der Waals surface area (Å²) in [6.45, 7) is 18.5. The van der Waals surface area contributed by atoms with Gasteiger partial charge in [0.1, 0.15) is 28.3 Å². The number of benzene rings is 5. The van der Waals surface area contributed by atoms with Crippen LogP contribution in [-0.2, 0) is 5.66 Å². The fraction of sp³-hybridized carbons (Fsp3) is 0.191. The molecule has 0 aliphatic carbocycles. The lowest BCUT2D eigenvalue weighted by Crippen LogP contribution is -2.77. The molecule has 0 bridgehead atoms. The molecule has 0 saturated heterocycles. The van der Waals surface area contributed by atoms with E-state index in [0.29, 0.717) is 0 Å². The van der Waals surface area contributed by atoms with Crippen LogP contribution >= 0.6 is 0 Å². The number of ether oxygens (including phenoxy) is 1. The minimum absolute atomic E-state index is 0.711. The second-order valence-corrected chi connectivity index (χ2v) is 15.2. The predicted octanol–water partition coefficient (Wildman–Crippen LogP) is 9.98. The lowest BCUT2D eigenvalue weighted by atomic mass is 9.80. The summed E-state index contributed by atoms with van der Waals surface area (Å²) in [4.78, 5) is 0. The van der Waals surface area contributed by atoms with Crippen molar-refractivity contribution in [3.8, 4) is 45.3 Å². The van der Waals surface area contributed by atoms with Crippen LogP contribution in [0.4, 0.5) is 0 Å². The Labute approximate surface area is 303 Å². The van der Waals surface area contributed by atoms with Gasteiger partial charge in [-0.15, -0.1) is 4.68 Å². The maximum Gasteiger partial charge on any atom is 0.397 e. The van der Waals surface area contributed by atoms with Gasteiger partial charge in [0.15, 0.2) is 11.1 Å². The number of para-hydroxylation sites is 1. The zero-order valence-corrected chi connectivity index (χ0v) is 30.9. The van der Waals surface area contributed by atoms with Crippen LogP contribution < -0.4 is 14.0 Å². The van der Waals surface area contributed by atoms with Gasteiger partial charge >= 0.3 is 5.66 Å². The van der Waals surface area contributed by atoms with E-state index in [1.807, 2.05) is 0 Å². The van der Waals surface area contributed by atoms with Gasteiger partial charge in [0.2, 0.25) is 5.69 Å². The molecule has 1 spiro atoms. The van der Waals surface area contributed by atoms with Crippen LogP contribution in [0, 0.1) is 55.4 Å². The highest BCUT2D eigenvalue weighted by molar-refractivity contribution is 6.11. The summed E-state index contributed by atoms with van der Waals surface area (Å²) in [6.07, 6.45) is 2.27. The zero-order chi connectivity index (χ0) is 35.5. The highest BCUT2D eigenvalue weighted by atomic mass is 16.5. The van der Waals surface area contributed by atoms with Gasteiger partial charge in [-0.3, -0.25) is 0 Å². The molecule has 0 saturated carbocycles. The van der Waals surface area contributed by atoms with Crippen LogP contribution in [0.15, 0.2) is 97.2 Å². The topological polar surface area (TPSA) is 26.8 Å². The van der Waals surface area contributed by atoms with E-state index in [9.17, 15) is 0 Å². The molecule has 8 aromatic rings. The predicted molar refractivity (Wildman–Crippen MR) is 207 cm³/mol. The van der Waals surface area contributed by atoms with Crippen LogP contribution in [0.2, 0.25) is 0 Å². The van der Waals surface area contributed by atoms with Gasteiger partial charge in [-0.05, 0) is 141 Å². The molecule has 252 valence electrons. The molecule has 52 heavy (non-hydrogen) atoms. The van der Waals surface area contributed by atoms with Crippen molar-refractivity contribution in [1.82, 2.24) is 9.25 Å². The largest absolute Gasteiger partial charge is 0.456 e. The van der Waals surface area contributed by atoms with Crippen molar-refractivity contribution in [2.45, 2.75) is 61.1 Å². The van der Waals surface area contributed by atoms with Gasteiger partial charge in [-0.2, -0.15) is 9.13 Å². The highest BCUT2D eigenvalue weighted by Crippen LogP contribution is 2.56.